The molecular weight excluding hydrogens is 412 g/mol. The van der Waals surface area contributed by atoms with Gasteiger partial charge in [0, 0.05) is 11.6 Å². The number of hydrogen-bond donors (Lipinski definition) is 1. The normalized spacial score (nSPS) is 10.8. The largest absolute Gasteiger partial charge is 0.456 e. The van der Waals surface area contributed by atoms with E-state index in [0.717, 1.165) is 11.3 Å². The molecule has 136 valence electrons. The van der Waals surface area contributed by atoms with Gasteiger partial charge in [0.1, 0.15) is 23.1 Å². The highest BCUT2D eigenvalue weighted by Gasteiger charge is 2.18. The third kappa shape index (κ3) is 4.22. The number of rotatable bonds is 6. The molecule has 3 aromatic rings. The number of aromatic nitrogens is 2. The van der Waals surface area contributed by atoms with Crippen molar-refractivity contribution in [1.82, 2.24) is 10.2 Å². The molecule has 1 heterocycles. The molecule has 11 heteroatoms. The number of carbonyl (C=O) groups is 1. The number of benzene rings is 2. The van der Waals surface area contributed by atoms with Crippen LogP contribution in [0.1, 0.15) is 15.9 Å². The van der Waals surface area contributed by atoms with Crippen LogP contribution in [-0.4, -0.2) is 24.9 Å². The zero-order chi connectivity index (χ0) is 19.4. The van der Waals surface area contributed by atoms with Gasteiger partial charge in [-0.25, -0.2) is 8.42 Å². The summed E-state index contributed by atoms with van der Waals surface area (Å²) >= 11 is 6.97. The standard InChI is InChI=1S/C16H9ClN4O4S2/c17-14-6-12(2-1-10(14)8-22)25-15-4-3-13(5-11(15)7-18)27(23,24)21-16-20-19-9-26-16/h1-6,8-9H,(H,20,21). The lowest BCUT2D eigenvalue weighted by Crippen LogP contribution is -2.13. The van der Waals surface area contributed by atoms with E-state index < -0.39 is 10.0 Å². The Bertz CT molecular complexity index is 1140. The molecule has 1 aromatic heterocycles. The number of nitriles is 1. The average molecular weight is 421 g/mol. The average Bonchev–Trinajstić information content (AvgIpc) is 3.14. The van der Waals surface area contributed by atoms with Crippen molar-refractivity contribution in [1.29, 1.82) is 5.26 Å². The number of hydrogen-bond acceptors (Lipinski definition) is 8. The van der Waals surface area contributed by atoms with Crippen LogP contribution in [0.5, 0.6) is 11.5 Å². The quantitative estimate of drug-likeness (QED) is 0.605. The molecule has 3 rings (SSSR count). The molecule has 0 bridgehead atoms. The van der Waals surface area contributed by atoms with Crippen LogP contribution < -0.4 is 9.46 Å². The SMILES string of the molecule is N#Cc1cc(S(=O)(=O)Nc2nncs2)ccc1Oc1ccc(C=O)c(Cl)c1. The summed E-state index contributed by atoms with van der Waals surface area (Å²) in [6.45, 7) is 0. The molecule has 0 unspecified atom stereocenters. The molecule has 0 saturated carbocycles. The van der Waals surface area contributed by atoms with Crippen LogP contribution in [0.2, 0.25) is 5.02 Å². The zero-order valence-corrected chi connectivity index (χ0v) is 15.7. The van der Waals surface area contributed by atoms with Gasteiger partial charge in [-0.15, -0.1) is 10.2 Å². The summed E-state index contributed by atoms with van der Waals surface area (Å²) in [4.78, 5) is 10.7. The summed E-state index contributed by atoms with van der Waals surface area (Å²) in [5, 5.41) is 16.8. The highest BCUT2D eigenvalue weighted by Crippen LogP contribution is 2.30. The summed E-state index contributed by atoms with van der Waals surface area (Å²) in [6, 6.07) is 10.1. The maximum atomic E-state index is 12.4. The molecular formula is C16H9ClN4O4S2. The van der Waals surface area contributed by atoms with E-state index in [0.29, 0.717) is 17.6 Å². The van der Waals surface area contributed by atoms with Crippen LogP contribution in [0.15, 0.2) is 46.8 Å². The Morgan fingerprint density at radius 3 is 2.70 bits per heavy atom. The Kier molecular flexibility index (Phi) is 5.36. The fourth-order valence-electron chi connectivity index (χ4n) is 2.04. The number of nitrogens with zero attached hydrogens (tertiary/aromatic N) is 3. The van der Waals surface area contributed by atoms with Crippen molar-refractivity contribution in [2.75, 3.05) is 4.72 Å². The van der Waals surface area contributed by atoms with Gasteiger partial charge >= 0.3 is 0 Å². The van der Waals surface area contributed by atoms with Gasteiger partial charge < -0.3 is 4.74 Å². The lowest BCUT2D eigenvalue weighted by molar-refractivity contribution is 0.112. The monoisotopic (exact) mass is 420 g/mol. The molecule has 0 aliphatic rings. The van der Waals surface area contributed by atoms with Crippen LogP contribution in [0.3, 0.4) is 0 Å². The van der Waals surface area contributed by atoms with Gasteiger partial charge in [-0.3, -0.25) is 9.52 Å². The van der Waals surface area contributed by atoms with E-state index in [1.807, 2.05) is 6.07 Å². The maximum Gasteiger partial charge on any atom is 0.263 e. The number of nitrogens with one attached hydrogen (secondary N) is 1. The highest BCUT2D eigenvalue weighted by atomic mass is 35.5. The second kappa shape index (κ2) is 7.71. The number of anilines is 1. The fourth-order valence-corrected chi connectivity index (χ4v) is 3.97. The number of sulfonamides is 1. The number of aldehydes is 1. The summed E-state index contributed by atoms with van der Waals surface area (Å²) in [7, 11) is -3.93. The molecule has 0 radical (unpaired) electrons. The van der Waals surface area contributed by atoms with Crippen molar-refractivity contribution in [3.8, 4) is 17.6 Å². The van der Waals surface area contributed by atoms with Crippen LogP contribution in [0, 0.1) is 11.3 Å². The summed E-state index contributed by atoms with van der Waals surface area (Å²) in [5.41, 5.74) is 1.69. The van der Waals surface area contributed by atoms with Crippen LogP contribution in [0.4, 0.5) is 5.13 Å². The zero-order valence-electron chi connectivity index (χ0n) is 13.3. The van der Waals surface area contributed by atoms with Crippen molar-refractivity contribution in [3.05, 3.63) is 58.1 Å². The third-order valence-electron chi connectivity index (χ3n) is 3.29. The number of ether oxygens (including phenoxy) is 1. The van der Waals surface area contributed by atoms with Crippen LogP contribution >= 0.6 is 22.9 Å². The lowest BCUT2D eigenvalue weighted by Gasteiger charge is -2.10. The fraction of sp³-hybridized carbons (Fsp3) is 0. The van der Waals surface area contributed by atoms with E-state index in [1.54, 1.807) is 0 Å². The smallest absolute Gasteiger partial charge is 0.263 e. The van der Waals surface area contributed by atoms with Crippen molar-refractivity contribution in [2.24, 2.45) is 0 Å². The predicted molar refractivity (Wildman–Crippen MR) is 98.8 cm³/mol. The minimum absolute atomic E-state index is 0.00530. The highest BCUT2D eigenvalue weighted by molar-refractivity contribution is 7.93. The molecule has 0 fully saturated rings. The topological polar surface area (TPSA) is 122 Å². The Hall–Kier alpha value is -3.00. The minimum Gasteiger partial charge on any atom is -0.456 e. The van der Waals surface area contributed by atoms with Gasteiger partial charge in [0.25, 0.3) is 10.0 Å². The minimum atomic E-state index is -3.93. The first kappa shape index (κ1) is 18.8. The molecule has 27 heavy (non-hydrogen) atoms. The van der Waals surface area contributed by atoms with Gasteiger partial charge in [0.2, 0.25) is 5.13 Å². The Morgan fingerprint density at radius 2 is 2.07 bits per heavy atom. The van der Waals surface area contributed by atoms with Crippen LogP contribution in [0.25, 0.3) is 0 Å². The molecule has 2 aromatic carbocycles. The maximum absolute atomic E-state index is 12.4. The summed E-state index contributed by atoms with van der Waals surface area (Å²) < 4.78 is 32.6. The predicted octanol–water partition coefficient (Wildman–Crippen LogP) is 3.47. The van der Waals surface area contributed by atoms with Crippen molar-refractivity contribution in [3.63, 3.8) is 0 Å². The molecule has 0 spiro atoms. The number of carbonyl (C=O) groups excluding carboxylic acids is 1. The number of halogens is 1. The Morgan fingerprint density at radius 1 is 1.26 bits per heavy atom. The molecule has 0 atom stereocenters. The first-order valence-electron chi connectivity index (χ1n) is 7.18. The Balaban J connectivity index is 1.89. The van der Waals surface area contributed by atoms with E-state index in [9.17, 15) is 18.5 Å². The molecule has 0 saturated heterocycles. The van der Waals surface area contributed by atoms with Gasteiger partial charge in [-0.05, 0) is 30.3 Å². The molecule has 1 N–H and O–H groups in total. The Labute approximate surface area is 163 Å². The van der Waals surface area contributed by atoms with Gasteiger partial charge in [-0.2, -0.15) is 5.26 Å². The van der Waals surface area contributed by atoms with Gasteiger partial charge in [0.05, 0.1) is 15.5 Å². The lowest BCUT2D eigenvalue weighted by atomic mass is 10.2. The summed E-state index contributed by atoms with van der Waals surface area (Å²) in [6.07, 6.45) is 0.609. The van der Waals surface area contributed by atoms with Crippen molar-refractivity contribution in [2.45, 2.75) is 4.90 Å². The first-order chi connectivity index (χ1) is 12.9. The second-order valence-corrected chi connectivity index (χ2v) is 7.95. The van der Waals surface area contributed by atoms with Crippen molar-refractivity contribution < 1.29 is 17.9 Å². The van der Waals surface area contributed by atoms with Crippen molar-refractivity contribution >= 4 is 44.4 Å². The molecule has 8 nitrogen and oxygen atoms in total. The van der Waals surface area contributed by atoms with E-state index in [-0.39, 0.29) is 26.4 Å². The second-order valence-electron chi connectivity index (χ2n) is 5.02. The van der Waals surface area contributed by atoms with E-state index in [1.165, 1.54) is 41.9 Å². The molecule has 0 aliphatic carbocycles. The van der Waals surface area contributed by atoms with Gasteiger partial charge in [-0.1, -0.05) is 22.9 Å². The van der Waals surface area contributed by atoms with E-state index >= 15 is 0 Å². The summed E-state index contributed by atoms with van der Waals surface area (Å²) in [5.74, 6) is 0.437. The third-order valence-corrected chi connectivity index (χ3v) is 5.69. The van der Waals surface area contributed by atoms with E-state index in [4.69, 9.17) is 16.3 Å². The first-order valence-corrected chi connectivity index (χ1v) is 9.93. The van der Waals surface area contributed by atoms with Gasteiger partial charge in [0.15, 0.2) is 6.29 Å². The van der Waals surface area contributed by atoms with Crippen LogP contribution in [-0.2, 0) is 10.0 Å². The van der Waals surface area contributed by atoms with E-state index in [2.05, 4.69) is 14.9 Å². The molecule has 0 amide bonds. The molecule has 0 aliphatic heterocycles.